The van der Waals surface area contributed by atoms with Crippen molar-refractivity contribution in [3.05, 3.63) is 102 Å². The summed E-state index contributed by atoms with van der Waals surface area (Å²) in [5.74, 6) is 0.529. The highest BCUT2D eigenvalue weighted by molar-refractivity contribution is 5.73. The quantitative estimate of drug-likeness (QED) is 0.196. The van der Waals surface area contributed by atoms with Crippen LogP contribution >= 0.6 is 0 Å². The number of aliphatic hydroxyl groups is 1. The van der Waals surface area contributed by atoms with Crippen LogP contribution in [0, 0.1) is 0 Å². The summed E-state index contributed by atoms with van der Waals surface area (Å²) in [5, 5.41) is 21.0. The Labute approximate surface area is 248 Å². The van der Waals surface area contributed by atoms with Gasteiger partial charge in [0.05, 0.1) is 29.1 Å². The Kier molecular flexibility index (Phi) is 8.66. The van der Waals surface area contributed by atoms with E-state index in [2.05, 4.69) is 63.8 Å². The van der Waals surface area contributed by atoms with Crippen molar-refractivity contribution >= 4 is 17.4 Å². The third-order valence-electron chi connectivity index (χ3n) is 7.79. The molecule has 1 aliphatic rings. The number of nitrogens with zero attached hydrogens (tertiary/aromatic N) is 3. The van der Waals surface area contributed by atoms with E-state index in [1.54, 1.807) is 6.33 Å². The van der Waals surface area contributed by atoms with Gasteiger partial charge in [0, 0.05) is 37.0 Å². The average molecular weight is 565 g/mol. The second kappa shape index (κ2) is 12.4. The van der Waals surface area contributed by atoms with Crippen LogP contribution in [0.3, 0.4) is 0 Å². The number of hydrogen-bond acceptors (Lipinski definition) is 7. The number of rotatable bonds is 11. The van der Waals surface area contributed by atoms with Crippen molar-refractivity contribution in [1.82, 2.24) is 25.6 Å². The fourth-order valence-electron chi connectivity index (χ4n) is 5.11. The minimum absolute atomic E-state index is 0.0365. The molecule has 5 rings (SSSR count). The maximum atomic E-state index is 12.0. The Morgan fingerprint density at radius 3 is 2.38 bits per heavy atom. The van der Waals surface area contributed by atoms with Gasteiger partial charge in [-0.1, -0.05) is 63.2 Å². The number of aliphatic hydroxyl groups excluding tert-OH is 1. The fraction of sp³-hybridized carbons (Fsp3) is 0.353. The van der Waals surface area contributed by atoms with Crippen LogP contribution in [0.15, 0.2) is 85.3 Å². The van der Waals surface area contributed by atoms with Crippen LogP contribution in [0.5, 0.6) is 0 Å². The number of carbonyl (C=O) groups is 1. The molecule has 2 aromatic heterocycles. The lowest BCUT2D eigenvalue weighted by Gasteiger charge is -2.27. The summed E-state index contributed by atoms with van der Waals surface area (Å²) in [5.41, 5.74) is 5.83. The molecule has 2 aromatic carbocycles. The average Bonchev–Trinajstić information content (AvgIpc) is 3.78. The van der Waals surface area contributed by atoms with E-state index in [1.807, 2.05) is 66.9 Å². The molecule has 0 aliphatic heterocycles. The van der Waals surface area contributed by atoms with E-state index in [-0.39, 0.29) is 16.9 Å². The molecule has 1 saturated carbocycles. The highest BCUT2D eigenvalue weighted by atomic mass is 16.3. The molecular formula is C34H40N6O2. The lowest BCUT2D eigenvalue weighted by Crippen LogP contribution is -2.49. The zero-order valence-corrected chi connectivity index (χ0v) is 24.8. The summed E-state index contributed by atoms with van der Waals surface area (Å²) >= 11 is 0. The van der Waals surface area contributed by atoms with Gasteiger partial charge in [-0.2, -0.15) is 0 Å². The number of benzene rings is 2. The first-order valence-corrected chi connectivity index (χ1v) is 14.5. The van der Waals surface area contributed by atoms with Crippen molar-refractivity contribution in [2.24, 2.45) is 0 Å². The molecule has 1 fully saturated rings. The number of amides is 1. The van der Waals surface area contributed by atoms with Crippen LogP contribution in [0.1, 0.15) is 57.4 Å². The summed E-state index contributed by atoms with van der Waals surface area (Å²) < 4.78 is 0. The third-order valence-corrected chi connectivity index (χ3v) is 7.79. The molecule has 1 aliphatic carbocycles. The van der Waals surface area contributed by atoms with Gasteiger partial charge in [0.15, 0.2) is 0 Å². The Balaban J connectivity index is 1.21. The van der Waals surface area contributed by atoms with Crippen molar-refractivity contribution < 1.29 is 9.90 Å². The van der Waals surface area contributed by atoms with Crippen molar-refractivity contribution in [3.63, 3.8) is 0 Å². The van der Waals surface area contributed by atoms with E-state index in [0.717, 1.165) is 41.0 Å². The first-order valence-electron chi connectivity index (χ1n) is 14.5. The molecule has 0 radical (unpaired) electrons. The first kappa shape index (κ1) is 29.4. The van der Waals surface area contributed by atoms with Crippen LogP contribution in [0.25, 0.3) is 11.3 Å². The highest BCUT2D eigenvalue weighted by Gasteiger charge is 2.46. The molecule has 0 unspecified atom stereocenters. The molecule has 42 heavy (non-hydrogen) atoms. The lowest BCUT2D eigenvalue weighted by molar-refractivity contribution is -0.120. The number of anilines is 2. The number of carbonyl (C=O) groups excluding carboxylic acids is 1. The van der Waals surface area contributed by atoms with Gasteiger partial charge < -0.3 is 21.1 Å². The monoisotopic (exact) mass is 564 g/mol. The predicted octanol–water partition coefficient (Wildman–Crippen LogP) is 5.27. The molecule has 0 spiro atoms. The number of hydrogen-bond donors (Lipinski definition) is 4. The van der Waals surface area contributed by atoms with E-state index in [0.29, 0.717) is 18.8 Å². The van der Waals surface area contributed by atoms with Crippen LogP contribution < -0.4 is 16.0 Å². The smallest absolute Gasteiger partial charge is 0.217 e. The minimum atomic E-state index is -0.771. The van der Waals surface area contributed by atoms with E-state index in [4.69, 9.17) is 0 Å². The van der Waals surface area contributed by atoms with Crippen molar-refractivity contribution in [2.45, 2.75) is 70.1 Å². The number of pyridine rings is 1. The molecule has 2 heterocycles. The normalized spacial score (nSPS) is 15.5. The SMILES string of the molecule is CC(=O)N[C@@H](Cc1ccc(Nc2cc(-c3ccccc3)ncn2)cc1)[C@H](O)CNC1(c2cc(C(C)(C)C)ccn2)CC1. The molecule has 0 bridgehead atoms. The predicted molar refractivity (Wildman–Crippen MR) is 166 cm³/mol. The topological polar surface area (TPSA) is 112 Å². The molecule has 4 N–H and O–H groups in total. The number of nitrogens with one attached hydrogen (secondary N) is 3. The Morgan fingerprint density at radius 1 is 0.976 bits per heavy atom. The van der Waals surface area contributed by atoms with Gasteiger partial charge in [0.1, 0.15) is 12.1 Å². The molecule has 218 valence electrons. The minimum Gasteiger partial charge on any atom is -0.390 e. The van der Waals surface area contributed by atoms with E-state index in [9.17, 15) is 9.90 Å². The molecule has 8 nitrogen and oxygen atoms in total. The van der Waals surface area contributed by atoms with E-state index in [1.165, 1.54) is 12.5 Å². The van der Waals surface area contributed by atoms with Gasteiger partial charge in [-0.05, 0) is 60.1 Å². The summed E-state index contributed by atoms with van der Waals surface area (Å²) in [6.45, 7) is 8.42. The second-order valence-electron chi connectivity index (χ2n) is 12.2. The highest BCUT2D eigenvalue weighted by Crippen LogP contribution is 2.45. The molecule has 4 aromatic rings. The Morgan fingerprint density at radius 2 is 1.71 bits per heavy atom. The third kappa shape index (κ3) is 7.38. The standard InChI is InChI=1S/C34H40N6O2/c1-23(41)39-29(30(42)21-38-34(15-16-34)31-19-26(14-17-35-31)33(2,3)4)18-24-10-12-27(13-11-24)40-32-20-28(36-22-37-32)25-8-6-5-7-9-25/h5-14,17,19-20,22,29-30,38,42H,15-16,18,21H2,1-4H3,(H,39,41)(H,36,37,40)/t29-,30+/m0/s1. The summed E-state index contributed by atoms with van der Waals surface area (Å²) in [7, 11) is 0. The van der Waals surface area contributed by atoms with Gasteiger partial charge >= 0.3 is 0 Å². The molecule has 1 amide bonds. The maximum Gasteiger partial charge on any atom is 0.217 e. The molecular weight excluding hydrogens is 524 g/mol. The van der Waals surface area contributed by atoms with Gasteiger partial charge in [0.2, 0.25) is 5.91 Å². The maximum absolute atomic E-state index is 12.0. The lowest BCUT2D eigenvalue weighted by atomic mass is 9.86. The van der Waals surface area contributed by atoms with Crippen molar-refractivity contribution in [1.29, 1.82) is 0 Å². The second-order valence-corrected chi connectivity index (χ2v) is 12.2. The zero-order valence-electron chi connectivity index (χ0n) is 24.8. The van der Waals surface area contributed by atoms with Crippen LogP contribution in [0.2, 0.25) is 0 Å². The zero-order chi connectivity index (χ0) is 29.7. The molecule has 0 saturated heterocycles. The largest absolute Gasteiger partial charge is 0.390 e. The molecule has 8 heteroatoms. The van der Waals surface area contributed by atoms with Crippen LogP contribution in [-0.2, 0) is 22.2 Å². The summed E-state index contributed by atoms with van der Waals surface area (Å²) in [4.78, 5) is 25.4. The number of aromatic nitrogens is 3. The van der Waals surface area contributed by atoms with Gasteiger partial charge in [-0.15, -0.1) is 0 Å². The van der Waals surface area contributed by atoms with Crippen LogP contribution in [0.4, 0.5) is 11.5 Å². The van der Waals surface area contributed by atoms with E-state index < -0.39 is 12.1 Å². The summed E-state index contributed by atoms with van der Waals surface area (Å²) in [6, 6.07) is 23.7. The van der Waals surface area contributed by atoms with Crippen molar-refractivity contribution in [3.8, 4) is 11.3 Å². The van der Waals surface area contributed by atoms with E-state index >= 15 is 0 Å². The fourth-order valence-corrected chi connectivity index (χ4v) is 5.11. The van der Waals surface area contributed by atoms with Gasteiger partial charge in [-0.25, -0.2) is 9.97 Å². The first-order chi connectivity index (χ1) is 20.1. The van der Waals surface area contributed by atoms with Crippen LogP contribution in [-0.4, -0.2) is 44.7 Å². The van der Waals surface area contributed by atoms with Crippen molar-refractivity contribution in [2.75, 3.05) is 11.9 Å². The Hall–Kier alpha value is -4.14. The van der Waals surface area contributed by atoms with Gasteiger partial charge in [-0.3, -0.25) is 9.78 Å². The summed E-state index contributed by atoms with van der Waals surface area (Å²) in [6.07, 6.45) is 5.10. The Bertz CT molecular complexity index is 1500. The van der Waals surface area contributed by atoms with Gasteiger partial charge in [0.25, 0.3) is 0 Å². The molecule has 2 atom stereocenters.